The predicted octanol–water partition coefficient (Wildman–Crippen LogP) is 7.36. The first kappa shape index (κ1) is 44.0. The Hall–Kier alpha value is -6.65. The van der Waals surface area contributed by atoms with Crippen LogP contribution in [0.5, 0.6) is 11.5 Å². The lowest BCUT2D eigenvalue weighted by atomic mass is 9.82. The van der Waals surface area contributed by atoms with Gasteiger partial charge in [0, 0.05) is 52.3 Å². The molecule has 5 aromatic carbocycles. The van der Waals surface area contributed by atoms with Gasteiger partial charge in [-0.1, -0.05) is 54.6 Å². The number of fused-ring (bicyclic) bond motifs is 2. The Kier molecular flexibility index (Phi) is 12.5. The molecule has 330 valence electrons. The molecule has 15 heteroatoms. The van der Waals surface area contributed by atoms with Crippen LogP contribution in [-0.4, -0.2) is 77.9 Å². The minimum Gasteiger partial charge on any atom is -0.497 e. The Balaban J connectivity index is 1.11. The van der Waals surface area contributed by atoms with Gasteiger partial charge in [0.05, 0.1) is 50.8 Å². The van der Waals surface area contributed by atoms with Crippen LogP contribution < -0.4 is 25.0 Å². The first-order valence-corrected chi connectivity index (χ1v) is 24.3. The molecule has 8 rings (SSSR count). The van der Waals surface area contributed by atoms with Crippen molar-refractivity contribution in [1.29, 1.82) is 0 Å². The summed E-state index contributed by atoms with van der Waals surface area (Å²) in [6.45, 7) is 6.11. The van der Waals surface area contributed by atoms with Gasteiger partial charge in [-0.3, -0.25) is 19.1 Å². The Morgan fingerprint density at radius 3 is 2.06 bits per heavy atom. The third-order valence-electron chi connectivity index (χ3n) is 12.4. The summed E-state index contributed by atoms with van der Waals surface area (Å²) in [7, 11) is 0.0845. The Morgan fingerprint density at radius 1 is 0.844 bits per heavy atom. The number of anilines is 3. The molecule has 1 aromatic heterocycles. The van der Waals surface area contributed by atoms with Gasteiger partial charge in [-0.05, 0) is 110 Å². The smallest absolute Gasteiger partial charge is 0.264 e. The fourth-order valence-corrected chi connectivity index (χ4v) is 11.9. The number of hydrogen-bond donors (Lipinski definition) is 4. The average Bonchev–Trinajstić information content (AvgIpc) is 3.96. The van der Waals surface area contributed by atoms with Crippen molar-refractivity contribution in [3.63, 3.8) is 0 Å². The molecule has 1 spiro atoms. The molecule has 2 aliphatic heterocycles. The van der Waals surface area contributed by atoms with E-state index in [1.165, 1.54) is 0 Å². The van der Waals surface area contributed by atoms with Crippen LogP contribution in [0.4, 0.5) is 17.1 Å². The second kappa shape index (κ2) is 18.2. The molecule has 64 heavy (non-hydrogen) atoms. The second-order valence-corrected chi connectivity index (χ2v) is 20.9. The Labute approximate surface area is 372 Å². The molecule has 6 aromatic rings. The third kappa shape index (κ3) is 8.67. The highest BCUT2D eigenvalue weighted by Crippen LogP contribution is 2.60. The van der Waals surface area contributed by atoms with E-state index < -0.39 is 25.9 Å². The molecule has 14 nitrogen and oxygen atoms in total. The number of aliphatic hydroxyl groups is 1. The second-order valence-electron chi connectivity index (χ2n) is 16.9. The van der Waals surface area contributed by atoms with Crippen LogP contribution in [0, 0.1) is 5.92 Å². The Morgan fingerprint density at radius 2 is 1.47 bits per heavy atom. The molecular weight excluding hydrogens is 829 g/mol. The van der Waals surface area contributed by atoms with Gasteiger partial charge < -0.3 is 39.6 Å². The van der Waals surface area contributed by atoms with E-state index >= 15 is 4.79 Å². The highest BCUT2D eigenvalue weighted by molar-refractivity contribution is 6.71. The standard InChI is InChI=1S/C49H52N6O8Si/c1-31-45(64(4,5)60)44(24-25-54-29-42(52-53-54)40(30-56)33-11-7-6-8-12-33)63-49(31)41-27-37(51-47(58)35-16-21-39(62-3)22-17-35)18-23-43(41)55(48(49)59)28-32-10-9-13-36(26-32)50-46(57)34-14-19-38(61-2)20-15-34/h6-23,26-27,29,31,40,44-45,56,60H,24-25,28,30H2,1-5H3,(H,50,57)(H,51,58)/t31-,40?,44+,45-,49+/m0/s1. The number of carbonyl (C=O) groups is 3. The number of aryl methyl sites for hydroxylation is 1. The Bertz CT molecular complexity index is 2640. The number of hydrogen-bond acceptors (Lipinski definition) is 10. The molecule has 0 radical (unpaired) electrons. The van der Waals surface area contributed by atoms with E-state index in [-0.39, 0.29) is 42.3 Å². The summed E-state index contributed by atoms with van der Waals surface area (Å²) in [5.41, 5.74) is 3.54. The van der Waals surface area contributed by atoms with E-state index in [0.717, 1.165) is 11.1 Å². The number of aromatic nitrogens is 3. The molecule has 0 aliphatic carbocycles. The fourth-order valence-electron chi connectivity index (χ4n) is 9.30. The molecule has 0 saturated carbocycles. The zero-order chi connectivity index (χ0) is 45.2. The number of methoxy groups -OCH3 is 2. The van der Waals surface area contributed by atoms with Gasteiger partial charge in [-0.15, -0.1) is 5.10 Å². The maximum absolute atomic E-state index is 15.4. The average molecular weight is 881 g/mol. The van der Waals surface area contributed by atoms with E-state index in [4.69, 9.17) is 14.2 Å². The van der Waals surface area contributed by atoms with E-state index in [0.29, 0.717) is 63.9 Å². The van der Waals surface area contributed by atoms with Gasteiger partial charge >= 0.3 is 0 Å². The SMILES string of the molecule is COc1ccc(C(=O)Nc2cccc(CN3C(=O)[C@]4(O[C@H](CCn5cc(C(CO)c6ccccc6)nn5)[C@@H]([Si](C)(C)O)[C@@H]4C)c4cc(NC(=O)c5ccc(OC)cc5)ccc43)c2)cc1. The number of rotatable bonds is 15. The summed E-state index contributed by atoms with van der Waals surface area (Å²) in [6, 6.07) is 36.0. The summed E-state index contributed by atoms with van der Waals surface area (Å²) in [6.07, 6.45) is 1.68. The highest BCUT2D eigenvalue weighted by Gasteiger charge is 2.66. The summed E-state index contributed by atoms with van der Waals surface area (Å²) >= 11 is 0. The van der Waals surface area contributed by atoms with Crippen molar-refractivity contribution in [1.82, 2.24) is 15.0 Å². The number of benzene rings is 5. The lowest BCUT2D eigenvalue weighted by Crippen LogP contribution is -2.46. The minimum absolute atomic E-state index is 0.135. The molecule has 5 atom stereocenters. The van der Waals surface area contributed by atoms with Crippen molar-refractivity contribution < 1.29 is 38.5 Å². The molecule has 4 N–H and O–H groups in total. The largest absolute Gasteiger partial charge is 0.497 e. The van der Waals surface area contributed by atoms with Gasteiger partial charge in [0.15, 0.2) is 13.9 Å². The van der Waals surface area contributed by atoms with Crippen LogP contribution in [0.15, 0.2) is 128 Å². The van der Waals surface area contributed by atoms with E-state index in [1.54, 1.807) is 84.5 Å². The quantitative estimate of drug-likeness (QED) is 0.0763. The van der Waals surface area contributed by atoms with Crippen LogP contribution >= 0.6 is 0 Å². The van der Waals surface area contributed by atoms with E-state index in [1.807, 2.05) is 86.9 Å². The predicted molar refractivity (Wildman–Crippen MR) is 245 cm³/mol. The molecule has 3 heterocycles. The van der Waals surface area contributed by atoms with Crippen molar-refractivity contribution >= 4 is 43.1 Å². The van der Waals surface area contributed by atoms with Gasteiger partial charge in [0.25, 0.3) is 17.7 Å². The van der Waals surface area contributed by atoms with Gasteiger partial charge in [-0.25, -0.2) is 0 Å². The molecule has 1 saturated heterocycles. The summed E-state index contributed by atoms with van der Waals surface area (Å²) in [5.74, 6) is -0.484. The number of amides is 3. The molecule has 1 fully saturated rings. The highest BCUT2D eigenvalue weighted by atomic mass is 28.4. The molecule has 3 amide bonds. The van der Waals surface area contributed by atoms with Crippen molar-refractivity contribution in [3.8, 4) is 11.5 Å². The number of aliphatic hydroxyl groups excluding tert-OH is 1. The van der Waals surface area contributed by atoms with Gasteiger partial charge in [0.1, 0.15) is 11.5 Å². The number of carbonyl (C=O) groups excluding carboxylic acids is 3. The summed E-state index contributed by atoms with van der Waals surface area (Å²) in [5, 5.41) is 25.1. The maximum Gasteiger partial charge on any atom is 0.264 e. The topological polar surface area (TPSA) is 177 Å². The number of ether oxygens (including phenoxy) is 3. The summed E-state index contributed by atoms with van der Waals surface area (Å²) in [4.78, 5) is 55.8. The molecule has 2 aliphatic rings. The zero-order valence-corrected chi connectivity index (χ0v) is 37.4. The fraction of sp³-hybridized carbons (Fsp3) is 0.286. The molecule has 1 unspecified atom stereocenters. The van der Waals surface area contributed by atoms with Crippen LogP contribution in [0.2, 0.25) is 18.6 Å². The van der Waals surface area contributed by atoms with Crippen LogP contribution in [0.3, 0.4) is 0 Å². The van der Waals surface area contributed by atoms with Crippen LogP contribution in [0.1, 0.15) is 62.4 Å². The lowest BCUT2D eigenvalue weighted by Gasteiger charge is -2.32. The van der Waals surface area contributed by atoms with E-state index in [9.17, 15) is 19.5 Å². The number of nitrogens with zero attached hydrogens (tertiary/aromatic N) is 4. The van der Waals surface area contributed by atoms with Crippen LogP contribution in [0.25, 0.3) is 0 Å². The number of nitrogens with one attached hydrogen (secondary N) is 2. The summed E-state index contributed by atoms with van der Waals surface area (Å²) < 4.78 is 19.4. The van der Waals surface area contributed by atoms with Crippen LogP contribution in [-0.2, 0) is 28.2 Å². The molecule has 0 bridgehead atoms. The minimum atomic E-state index is -3.04. The van der Waals surface area contributed by atoms with Crippen molar-refractivity contribution in [2.45, 2.75) is 62.7 Å². The normalized spacial score (nSPS) is 19.6. The van der Waals surface area contributed by atoms with Gasteiger partial charge in [-0.2, -0.15) is 0 Å². The third-order valence-corrected chi connectivity index (χ3v) is 14.9. The molecular formula is C49H52N6O8Si. The van der Waals surface area contributed by atoms with Gasteiger partial charge in [0.2, 0.25) is 0 Å². The van der Waals surface area contributed by atoms with Crippen molar-refractivity contribution in [3.05, 3.63) is 161 Å². The van der Waals surface area contributed by atoms with Crippen molar-refractivity contribution in [2.75, 3.05) is 36.4 Å². The maximum atomic E-state index is 15.4. The first-order valence-electron chi connectivity index (χ1n) is 21.2. The first-order chi connectivity index (χ1) is 30.8. The zero-order valence-electron chi connectivity index (χ0n) is 36.4. The monoisotopic (exact) mass is 880 g/mol. The van der Waals surface area contributed by atoms with E-state index in [2.05, 4.69) is 20.9 Å². The lowest BCUT2D eigenvalue weighted by molar-refractivity contribution is -0.146. The van der Waals surface area contributed by atoms with Crippen molar-refractivity contribution in [2.24, 2.45) is 5.92 Å².